The lowest BCUT2D eigenvalue weighted by Gasteiger charge is -2.10. The Labute approximate surface area is 92.9 Å². The lowest BCUT2D eigenvalue weighted by atomic mass is 10.2. The summed E-state index contributed by atoms with van der Waals surface area (Å²) in [5, 5.41) is 0.621. The molecule has 1 aromatic carbocycles. The third-order valence-corrected chi connectivity index (χ3v) is 2.46. The van der Waals surface area contributed by atoms with Crippen molar-refractivity contribution in [1.29, 1.82) is 0 Å². The van der Waals surface area contributed by atoms with E-state index >= 15 is 0 Å². The zero-order valence-electron chi connectivity index (χ0n) is 8.33. The Morgan fingerprint density at radius 2 is 2.47 bits per heavy atom. The van der Waals surface area contributed by atoms with Gasteiger partial charge in [0.05, 0.1) is 6.42 Å². The molecule has 0 aromatic heterocycles. The Morgan fingerprint density at radius 1 is 1.67 bits per heavy atom. The van der Waals surface area contributed by atoms with Gasteiger partial charge in [0.1, 0.15) is 5.75 Å². The molecule has 1 aliphatic rings. The first-order valence-corrected chi connectivity index (χ1v) is 5.21. The van der Waals surface area contributed by atoms with Crippen molar-refractivity contribution < 1.29 is 14.3 Å². The average molecular weight is 227 g/mol. The van der Waals surface area contributed by atoms with Crippen LogP contribution in [0.25, 0.3) is 0 Å². The van der Waals surface area contributed by atoms with Crippen molar-refractivity contribution in [2.75, 3.05) is 0 Å². The summed E-state index contributed by atoms with van der Waals surface area (Å²) in [5.74, 6) is 0.454. The van der Waals surface area contributed by atoms with E-state index in [9.17, 15) is 4.79 Å². The standard InChI is InChI=1S/C11H11ClO3/c1-2-10(13)15-11-5-7-3-4-8(12)6-9(7)14-11/h3-4,6,11H,2,5H2,1H3. The lowest BCUT2D eigenvalue weighted by molar-refractivity contribution is -0.160. The van der Waals surface area contributed by atoms with Crippen molar-refractivity contribution in [2.24, 2.45) is 0 Å². The SMILES string of the molecule is CCC(=O)OC1Cc2ccc(Cl)cc2O1. The van der Waals surface area contributed by atoms with Crippen LogP contribution in [0.4, 0.5) is 0 Å². The molecule has 1 atom stereocenters. The Hall–Kier alpha value is -1.22. The van der Waals surface area contributed by atoms with Gasteiger partial charge in [0.25, 0.3) is 0 Å². The molecule has 1 aliphatic heterocycles. The molecular formula is C11H11ClO3. The largest absolute Gasteiger partial charge is 0.454 e. The molecule has 0 saturated carbocycles. The van der Waals surface area contributed by atoms with Gasteiger partial charge in [0.2, 0.25) is 6.29 Å². The number of carbonyl (C=O) groups is 1. The van der Waals surface area contributed by atoms with Gasteiger partial charge in [-0.05, 0) is 12.1 Å². The lowest BCUT2D eigenvalue weighted by Crippen LogP contribution is -2.21. The minimum absolute atomic E-state index is 0.251. The number of ether oxygens (including phenoxy) is 2. The van der Waals surface area contributed by atoms with Crippen molar-refractivity contribution in [1.82, 2.24) is 0 Å². The van der Waals surface area contributed by atoms with Gasteiger partial charge in [-0.1, -0.05) is 24.6 Å². The molecule has 0 N–H and O–H groups in total. The molecule has 15 heavy (non-hydrogen) atoms. The average Bonchev–Trinajstić information content (AvgIpc) is 2.59. The number of carbonyl (C=O) groups excluding carboxylic acids is 1. The Kier molecular flexibility index (Phi) is 2.82. The molecule has 4 heteroatoms. The smallest absolute Gasteiger partial charge is 0.308 e. The van der Waals surface area contributed by atoms with Crippen LogP contribution in [-0.2, 0) is 16.0 Å². The number of halogens is 1. The second kappa shape index (κ2) is 4.11. The minimum Gasteiger partial charge on any atom is -0.454 e. The summed E-state index contributed by atoms with van der Waals surface area (Å²) in [4.78, 5) is 11.1. The molecule has 0 fully saturated rings. The van der Waals surface area contributed by atoms with Gasteiger partial charge in [-0.3, -0.25) is 4.79 Å². The third-order valence-electron chi connectivity index (χ3n) is 2.23. The van der Waals surface area contributed by atoms with Gasteiger partial charge in [-0.15, -0.1) is 0 Å². The van der Waals surface area contributed by atoms with Crippen molar-refractivity contribution in [3.63, 3.8) is 0 Å². The number of benzene rings is 1. The Morgan fingerprint density at radius 3 is 3.20 bits per heavy atom. The monoisotopic (exact) mass is 226 g/mol. The van der Waals surface area contributed by atoms with E-state index in [1.165, 1.54) is 0 Å². The first kappa shape index (κ1) is 10.3. The van der Waals surface area contributed by atoms with E-state index in [2.05, 4.69) is 0 Å². The van der Waals surface area contributed by atoms with Crippen molar-refractivity contribution in [2.45, 2.75) is 26.1 Å². The zero-order valence-corrected chi connectivity index (χ0v) is 9.08. The van der Waals surface area contributed by atoms with Gasteiger partial charge >= 0.3 is 5.97 Å². The van der Waals surface area contributed by atoms with E-state index in [0.29, 0.717) is 23.6 Å². The van der Waals surface area contributed by atoms with Crippen LogP contribution < -0.4 is 4.74 Å². The summed E-state index contributed by atoms with van der Waals surface area (Å²) >= 11 is 5.82. The summed E-state index contributed by atoms with van der Waals surface area (Å²) < 4.78 is 10.5. The molecule has 0 aliphatic carbocycles. The summed E-state index contributed by atoms with van der Waals surface area (Å²) in [7, 11) is 0. The molecule has 3 nitrogen and oxygen atoms in total. The molecule has 0 spiro atoms. The summed E-state index contributed by atoms with van der Waals surface area (Å²) in [6.07, 6.45) is 0.459. The van der Waals surface area contributed by atoms with Crippen LogP contribution in [-0.4, -0.2) is 12.3 Å². The van der Waals surface area contributed by atoms with Gasteiger partial charge in [0.15, 0.2) is 0 Å². The summed E-state index contributed by atoms with van der Waals surface area (Å²) in [5.41, 5.74) is 1.02. The highest BCUT2D eigenvalue weighted by atomic mass is 35.5. The minimum atomic E-state index is -0.495. The van der Waals surface area contributed by atoms with Crippen LogP contribution in [0.5, 0.6) is 5.75 Å². The van der Waals surface area contributed by atoms with E-state index in [0.717, 1.165) is 5.56 Å². The number of hydrogen-bond donors (Lipinski definition) is 0. The van der Waals surface area contributed by atoms with Crippen LogP contribution in [0, 0.1) is 0 Å². The second-order valence-corrected chi connectivity index (χ2v) is 3.78. The second-order valence-electron chi connectivity index (χ2n) is 3.35. The van der Waals surface area contributed by atoms with E-state index < -0.39 is 6.29 Å². The fraction of sp³-hybridized carbons (Fsp3) is 0.364. The number of hydrogen-bond acceptors (Lipinski definition) is 3. The normalized spacial score (nSPS) is 18.1. The molecule has 1 heterocycles. The molecule has 80 valence electrons. The highest BCUT2D eigenvalue weighted by Crippen LogP contribution is 2.31. The predicted molar refractivity (Wildman–Crippen MR) is 56.0 cm³/mol. The molecule has 1 unspecified atom stereocenters. The first-order chi connectivity index (χ1) is 7.19. The third kappa shape index (κ3) is 2.23. The summed E-state index contributed by atoms with van der Waals surface area (Å²) in [6.45, 7) is 1.75. The maximum Gasteiger partial charge on any atom is 0.308 e. The Balaban J connectivity index is 2.06. The highest BCUT2D eigenvalue weighted by Gasteiger charge is 2.25. The van der Waals surface area contributed by atoms with E-state index in [-0.39, 0.29) is 5.97 Å². The maximum absolute atomic E-state index is 11.1. The number of fused-ring (bicyclic) bond motifs is 1. The number of rotatable bonds is 2. The predicted octanol–water partition coefficient (Wildman–Crippen LogP) is 2.55. The van der Waals surface area contributed by atoms with Gasteiger partial charge in [0, 0.05) is 17.0 Å². The molecule has 0 amide bonds. The van der Waals surface area contributed by atoms with Gasteiger partial charge in [-0.2, -0.15) is 0 Å². The van der Waals surface area contributed by atoms with Crippen LogP contribution in [0.1, 0.15) is 18.9 Å². The van der Waals surface area contributed by atoms with E-state index in [1.807, 2.05) is 6.07 Å². The topological polar surface area (TPSA) is 35.5 Å². The van der Waals surface area contributed by atoms with Crippen molar-refractivity contribution >= 4 is 17.6 Å². The fourth-order valence-electron chi connectivity index (χ4n) is 1.47. The van der Waals surface area contributed by atoms with Crippen LogP contribution >= 0.6 is 11.6 Å². The van der Waals surface area contributed by atoms with Crippen LogP contribution in [0.3, 0.4) is 0 Å². The van der Waals surface area contributed by atoms with Crippen molar-refractivity contribution in [3.8, 4) is 5.75 Å². The van der Waals surface area contributed by atoms with Gasteiger partial charge in [-0.25, -0.2) is 0 Å². The van der Waals surface area contributed by atoms with Gasteiger partial charge < -0.3 is 9.47 Å². The Bertz CT molecular complexity index is 389. The van der Waals surface area contributed by atoms with Crippen LogP contribution in [0.15, 0.2) is 18.2 Å². The molecule has 0 radical (unpaired) electrons. The van der Waals surface area contributed by atoms with E-state index in [4.69, 9.17) is 21.1 Å². The van der Waals surface area contributed by atoms with Crippen molar-refractivity contribution in [3.05, 3.63) is 28.8 Å². The quantitative estimate of drug-likeness (QED) is 0.727. The maximum atomic E-state index is 11.1. The molecule has 0 bridgehead atoms. The molecule has 2 rings (SSSR count). The highest BCUT2D eigenvalue weighted by molar-refractivity contribution is 6.30. The van der Waals surface area contributed by atoms with Crippen LogP contribution in [0.2, 0.25) is 5.02 Å². The fourth-order valence-corrected chi connectivity index (χ4v) is 1.63. The first-order valence-electron chi connectivity index (χ1n) is 4.83. The van der Waals surface area contributed by atoms with E-state index in [1.54, 1.807) is 19.1 Å². The summed E-state index contributed by atoms with van der Waals surface area (Å²) in [6, 6.07) is 5.42. The molecule has 0 saturated heterocycles. The zero-order chi connectivity index (χ0) is 10.8. The molecule has 1 aromatic rings. The molecular weight excluding hydrogens is 216 g/mol. The number of esters is 1.